The third kappa shape index (κ3) is 3.26. The fourth-order valence-electron chi connectivity index (χ4n) is 4.44. The van der Waals surface area contributed by atoms with Crippen LogP contribution in [0.1, 0.15) is 11.3 Å². The number of pyridine rings is 1. The first-order valence-corrected chi connectivity index (χ1v) is 10.3. The van der Waals surface area contributed by atoms with E-state index in [1.807, 2.05) is 23.4 Å². The van der Waals surface area contributed by atoms with E-state index in [1.165, 1.54) is 17.0 Å². The molecule has 7 heteroatoms. The van der Waals surface area contributed by atoms with Crippen molar-refractivity contribution in [2.45, 2.75) is 13.0 Å². The highest BCUT2D eigenvalue weighted by Crippen LogP contribution is 2.32. The van der Waals surface area contributed by atoms with Crippen molar-refractivity contribution in [3.05, 3.63) is 66.9 Å². The van der Waals surface area contributed by atoms with Crippen LogP contribution >= 0.6 is 0 Å². The van der Waals surface area contributed by atoms with Gasteiger partial charge in [0.15, 0.2) is 0 Å². The van der Waals surface area contributed by atoms with E-state index >= 15 is 0 Å². The van der Waals surface area contributed by atoms with Gasteiger partial charge in [-0.1, -0.05) is 30.8 Å². The van der Waals surface area contributed by atoms with Crippen molar-refractivity contribution in [3.8, 4) is 0 Å². The maximum absolute atomic E-state index is 11.9. The summed E-state index contributed by atoms with van der Waals surface area (Å²) in [6, 6.07) is 8.36. The van der Waals surface area contributed by atoms with Crippen LogP contribution in [0, 0.1) is 0 Å². The Kier molecular flexibility index (Phi) is 4.78. The van der Waals surface area contributed by atoms with Gasteiger partial charge in [-0.05, 0) is 12.5 Å². The highest BCUT2D eigenvalue weighted by molar-refractivity contribution is 5.93. The number of amides is 1. The third-order valence-electron chi connectivity index (χ3n) is 6.04. The number of carbonyl (C=O) groups is 1. The second-order valence-corrected chi connectivity index (χ2v) is 7.69. The van der Waals surface area contributed by atoms with E-state index in [-0.39, 0.29) is 5.91 Å². The van der Waals surface area contributed by atoms with Crippen molar-refractivity contribution < 1.29 is 4.79 Å². The fraction of sp³-hybridized carbons (Fsp3) is 0.304. The van der Waals surface area contributed by atoms with Gasteiger partial charge in [-0.25, -0.2) is 9.97 Å². The number of anilines is 2. The van der Waals surface area contributed by atoms with Crippen LogP contribution < -0.4 is 9.80 Å². The molecule has 1 aromatic carbocycles. The standard InChI is InChI=1S/C23H24N6O/c1-2-22(30)27-9-11-28(12-10-27)23-19-7-8-29(15-20(19)25-16-26-23)21-14-24-13-17-5-3-4-6-18(17)21/h2-6,13-14,16H,1,7-12,15H2. The number of piperazine rings is 1. The number of rotatable bonds is 3. The highest BCUT2D eigenvalue weighted by Gasteiger charge is 2.27. The molecule has 3 aromatic rings. The van der Waals surface area contributed by atoms with Crippen molar-refractivity contribution >= 4 is 28.2 Å². The lowest BCUT2D eigenvalue weighted by Gasteiger charge is -2.37. The number of aromatic nitrogens is 3. The SMILES string of the molecule is C=CC(=O)N1CCN(c2ncnc3c2CCN(c2cncc4ccccc24)C3)CC1. The highest BCUT2D eigenvalue weighted by atomic mass is 16.2. The van der Waals surface area contributed by atoms with E-state index in [4.69, 9.17) is 0 Å². The second-order valence-electron chi connectivity index (χ2n) is 7.69. The maximum Gasteiger partial charge on any atom is 0.246 e. The van der Waals surface area contributed by atoms with Crippen molar-refractivity contribution in [2.75, 3.05) is 42.5 Å². The molecule has 1 amide bonds. The average molecular weight is 400 g/mol. The van der Waals surface area contributed by atoms with Gasteiger partial charge in [0, 0.05) is 55.3 Å². The molecule has 0 N–H and O–H groups in total. The molecule has 0 unspecified atom stereocenters. The van der Waals surface area contributed by atoms with E-state index in [2.05, 4.69) is 49.5 Å². The van der Waals surface area contributed by atoms with E-state index in [1.54, 1.807) is 6.33 Å². The first-order chi connectivity index (χ1) is 14.7. The Bertz CT molecular complexity index is 1100. The van der Waals surface area contributed by atoms with Crippen molar-refractivity contribution in [3.63, 3.8) is 0 Å². The first kappa shape index (κ1) is 18.5. The number of fused-ring (bicyclic) bond motifs is 2. The second kappa shape index (κ2) is 7.74. The molecule has 2 aliphatic rings. The summed E-state index contributed by atoms with van der Waals surface area (Å²) >= 11 is 0. The lowest BCUT2D eigenvalue weighted by molar-refractivity contribution is -0.126. The summed E-state index contributed by atoms with van der Waals surface area (Å²) in [7, 11) is 0. The van der Waals surface area contributed by atoms with Crippen molar-refractivity contribution in [1.29, 1.82) is 0 Å². The van der Waals surface area contributed by atoms with Gasteiger partial charge in [0.05, 0.1) is 24.1 Å². The predicted molar refractivity (Wildman–Crippen MR) is 118 cm³/mol. The van der Waals surface area contributed by atoms with E-state index < -0.39 is 0 Å². The molecule has 0 bridgehead atoms. The zero-order valence-corrected chi connectivity index (χ0v) is 16.9. The number of carbonyl (C=O) groups excluding carboxylic acids is 1. The predicted octanol–water partition coefficient (Wildman–Crippen LogP) is 2.42. The summed E-state index contributed by atoms with van der Waals surface area (Å²) in [6.07, 6.45) is 7.80. The Morgan fingerprint density at radius 2 is 1.83 bits per heavy atom. The molecular formula is C23H24N6O. The zero-order chi connectivity index (χ0) is 20.5. The summed E-state index contributed by atoms with van der Waals surface area (Å²) in [4.78, 5) is 32.0. The molecule has 0 aliphatic carbocycles. The molecule has 0 atom stereocenters. The van der Waals surface area contributed by atoms with Gasteiger partial charge in [-0.3, -0.25) is 9.78 Å². The van der Waals surface area contributed by atoms with Gasteiger partial charge in [-0.15, -0.1) is 0 Å². The molecule has 0 radical (unpaired) electrons. The average Bonchev–Trinajstić information content (AvgIpc) is 2.82. The number of nitrogens with zero attached hydrogens (tertiary/aromatic N) is 6. The van der Waals surface area contributed by atoms with Crippen LogP contribution in [-0.4, -0.2) is 58.5 Å². The smallest absolute Gasteiger partial charge is 0.246 e. The van der Waals surface area contributed by atoms with Gasteiger partial charge >= 0.3 is 0 Å². The first-order valence-electron chi connectivity index (χ1n) is 10.3. The number of hydrogen-bond acceptors (Lipinski definition) is 6. The summed E-state index contributed by atoms with van der Waals surface area (Å²) in [5.74, 6) is 1.01. The van der Waals surface area contributed by atoms with Crippen LogP contribution in [0.25, 0.3) is 10.8 Å². The topological polar surface area (TPSA) is 65.5 Å². The number of hydrogen-bond donors (Lipinski definition) is 0. The van der Waals surface area contributed by atoms with Crippen LogP contribution in [0.5, 0.6) is 0 Å². The van der Waals surface area contributed by atoms with E-state index in [0.29, 0.717) is 13.1 Å². The molecule has 7 nitrogen and oxygen atoms in total. The quantitative estimate of drug-likeness (QED) is 0.629. The minimum Gasteiger partial charge on any atom is -0.364 e. The van der Waals surface area contributed by atoms with Gasteiger partial charge in [-0.2, -0.15) is 0 Å². The van der Waals surface area contributed by atoms with E-state index in [9.17, 15) is 4.79 Å². The Hall–Kier alpha value is -3.48. The molecule has 4 heterocycles. The fourth-order valence-corrected chi connectivity index (χ4v) is 4.44. The van der Waals surface area contributed by atoms with Gasteiger partial charge < -0.3 is 14.7 Å². The normalized spacial score (nSPS) is 16.5. The summed E-state index contributed by atoms with van der Waals surface area (Å²) in [5, 5.41) is 2.37. The Balaban J connectivity index is 1.39. The van der Waals surface area contributed by atoms with Crippen LogP contribution in [0.4, 0.5) is 11.5 Å². The monoisotopic (exact) mass is 400 g/mol. The molecule has 5 rings (SSSR count). The lowest BCUT2D eigenvalue weighted by Crippen LogP contribution is -2.49. The van der Waals surface area contributed by atoms with Crippen LogP contribution in [0.2, 0.25) is 0 Å². The molecular weight excluding hydrogens is 376 g/mol. The largest absolute Gasteiger partial charge is 0.364 e. The Morgan fingerprint density at radius 3 is 2.67 bits per heavy atom. The van der Waals surface area contributed by atoms with E-state index in [0.717, 1.165) is 55.2 Å². The van der Waals surface area contributed by atoms with Gasteiger partial charge in [0.25, 0.3) is 0 Å². The van der Waals surface area contributed by atoms with Gasteiger partial charge in [0.2, 0.25) is 5.91 Å². The van der Waals surface area contributed by atoms with Crippen molar-refractivity contribution in [2.24, 2.45) is 0 Å². The molecule has 0 saturated carbocycles. The lowest BCUT2D eigenvalue weighted by atomic mass is 10.0. The molecule has 2 aromatic heterocycles. The zero-order valence-electron chi connectivity index (χ0n) is 16.9. The summed E-state index contributed by atoms with van der Waals surface area (Å²) in [5.41, 5.74) is 3.45. The molecule has 2 aliphatic heterocycles. The minimum absolute atomic E-state index is 0.00120. The maximum atomic E-state index is 11.9. The minimum atomic E-state index is -0.00120. The Labute approximate surface area is 175 Å². The molecule has 0 spiro atoms. The van der Waals surface area contributed by atoms with Crippen LogP contribution in [-0.2, 0) is 17.8 Å². The summed E-state index contributed by atoms with van der Waals surface area (Å²) in [6.45, 7) is 8.17. The molecule has 152 valence electrons. The van der Waals surface area contributed by atoms with Crippen molar-refractivity contribution in [1.82, 2.24) is 19.9 Å². The van der Waals surface area contributed by atoms with Crippen LogP contribution in [0.3, 0.4) is 0 Å². The summed E-state index contributed by atoms with van der Waals surface area (Å²) < 4.78 is 0. The molecule has 30 heavy (non-hydrogen) atoms. The molecule has 1 fully saturated rings. The molecule has 1 saturated heterocycles. The third-order valence-corrected chi connectivity index (χ3v) is 6.04. The number of benzene rings is 1. The Morgan fingerprint density at radius 1 is 1.00 bits per heavy atom. The van der Waals surface area contributed by atoms with Gasteiger partial charge in [0.1, 0.15) is 12.1 Å². The van der Waals surface area contributed by atoms with Crippen LogP contribution in [0.15, 0.2) is 55.6 Å².